The number of rotatable bonds is 2. The number of hydrogen-bond donors (Lipinski definition) is 2. The molecule has 0 amide bonds. The van der Waals surface area contributed by atoms with Gasteiger partial charge in [0.2, 0.25) is 0 Å². The van der Waals surface area contributed by atoms with Crippen LogP contribution in [0.25, 0.3) is 27.8 Å². The highest BCUT2D eigenvalue weighted by Crippen LogP contribution is 2.27. The van der Waals surface area contributed by atoms with E-state index in [4.69, 9.17) is 15.2 Å². The Kier molecular flexibility index (Phi) is 5.55. The first-order valence-corrected chi connectivity index (χ1v) is 8.49. The van der Waals surface area contributed by atoms with E-state index in [1.807, 2.05) is 60.5 Å². The first-order valence-electron chi connectivity index (χ1n) is 8.49. The molecular formula is C20H14F3N5O2. The Bertz CT molecular complexity index is 1250. The number of aromatic nitrogens is 4. The molecule has 0 aliphatic heterocycles. The number of nitrogens with one attached hydrogen (secondary N) is 1. The van der Waals surface area contributed by atoms with Gasteiger partial charge < -0.3 is 10.1 Å². The number of carboxylic acids is 1. The maximum absolute atomic E-state index is 10.6. The van der Waals surface area contributed by atoms with Gasteiger partial charge in [-0.05, 0) is 42.3 Å². The summed E-state index contributed by atoms with van der Waals surface area (Å²) in [6.45, 7) is 2.01. The number of aryl methyl sites for hydroxylation is 1. The van der Waals surface area contributed by atoms with Crippen LogP contribution >= 0.6 is 0 Å². The number of aliphatic carboxylic acids is 1. The van der Waals surface area contributed by atoms with Crippen molar-refractivity contribution in [3.63, 3.8) is 0 Å². The molecule has 4 rings (SSSR count). The molecule has 30 heavy (non-hydrogen) atoms. The van der Waals surface area contributed by atoms with Crippen molar-refractivity contribution in [2.75, 3.05) is 0 Å². The summed E-state index contributed by atoms with van der Waals surface area (Å²) in [5, 5.41) is 21.7. The number of hydrogen-bond acceptors (Lipinski definition) is 4. The van der Waals surface area contributed by atoms with Crippen LogP contribution < -0.4 is 0 Å². The number of carboxylic acid groups (broad SMARTS) is 1. The smallest absolute Gasteiger partial charge is 0.475 e. The van der Waals surface area contributed by atoms with Crippen LogP contribution in [0.4, 0.5) is 13.2 Å². The van der Waals surface area contributed by atoms with Gasteiger partial charge in [-0.1, -0.05) is 6.07 Å². The second kappa shape index (κ2) is 8.08. The van der Waals surface area contributed by atoms with E-state index in [2.05, 4.69) is 21.1 Å². The van der Waals surface area contributed by atoms with Crippen LogP contribution in [0, 0.1) is 18.3 Å². The average molecular weight is 413 g/mol. The Hall–Kier alpha value is -4.13. The van der Waals surface area contributed by atoms with Crippen molar-refractivity contribution in [3.05, 3.63) is 66.2 Å². The molecule has 2 N–H and O–H groups in total. The van der Waals surface area contributed by atoms with Gasteiger partial charge in [-0.15, -0.1) is 0 Å². The number of pyridine rings is 1. The van der Waals surface area contributed by atoms with Crippen LogP contribution in [0.5, 0.6) is 0 Å². The molecule has 3 aromatic heterocycles. The van der Waals surface area contributed by atoms with Crippen LogP contribution in [0.1, 0.15) is 11.1 Å². The van der Waals surface area contributed by atoms with Crippen LogP contribution in [0.3, 0.4) is 0 Å². The molecule has 0 saturated carbocycles. The van der Waals surface area contributed by atoms with Gasteiger partial charge in [0.25, 0.3) is 0 Å². The third-order valence-corrected chi connectivity index (χ3v) is 4.18. The Labute approximate surface area is 168 Å². The predicted octanol–water partition coefficient (Wildman–Crippen LogP) is 4.23. The molecule has 10 heteroatoms. The van der Waals surface area contributed by atoms with E-state index < -0.39 is 12.1 Å². The lowest BCUT2D eigenvalue weighted by Crippen LogP contribution is -2.21. The molecule has 1 aromatic carbocycles. The third-order valence-electron chi connectivity index (χ3n) is 4.18. The van der Waals surface area contributed by atoms with Crippen molar-refractivity contribution in [1.29, 1.82) is 5.26 Å². The van der Waals surface area contributed by atoms with E-state index >= 15 is 0 Å². The number of fused-ring (bicyclic) bond motifs is 1. The Balaban J connectivity index is 0.000000318. The number of carbonyl (C=O) groups is 1. The van der Waals surface area contributed by atoms with E-state index in [1.165, 1.54) is 0 Å². The van der Waals surface area contributed by atoms with Crippen molar-refractivity contribution in [2.24, 2.45) is 0 Å². The van der Waals surface area contributed by atoms with E-state index in [1.54, 1.807) is 6.20 Å². The molecule has 0 atom stereocenters. The van der Waals surface area contributed by atoms with E-state index in [-0.39, 0.29) is 0 Å². The second-order valence-electron chi connectivity index (χ2n) is 6.19. The van der Waals surface area contributed by atoms with E-state index in [0.717, 1.165) is 33.4 Å². The highest BCUT2D eigenvalue weighted by Gasteiger charge is 2.38. The summed E-state index contributed by atoms with van der Waals surface area (Å²) in [7, 11) is 0. The van der Waals surface area contributed by atoms with Gasteiger partial charge in [-0.2, -0.15) is 23.5 Å². The summed E-state index contributed by atoms with van der Waals surface area (Å²) in [5.74, 6) is -2.76. The summed E-state index contributed by atoms with van der Waals surface area (Å²) >= 11 is 0. The summed E-state index contributed by atoms with van der Waals surface area (Å²) in [6.07, 6.45) is 2.39. The third kappa shape index (κ3) is 4.30. The molecule has 0 spiro atoms. The lowest BCUT2D eigenvalue weighted by Gasteiger charge is -2.06. The number of alkyl halides is 3. The van der Waals surface area contributed by atoms with Crippen LogP contribution in [-0.4, -0.2) is 37.0 Å². The molecule has 0 bridgehead atoms. The minimum Gasteiger partial charge on any atom is -0.475 e. The van der Waals surface area contributed by atoms with Gasteiger partial charge in [0.15, 0.2) is 0 Å². The molecule has 0 saturated heterocycles. The van der Waals surface area contributed by atoms with Crippen molar-refractivity contribution >= 4 is 17.0 Å². The molecule has 3 heterocycles. The quantitative estimate of drug-likeness (QED) is 0.511. The Morgan fingerprint density at radius 2 is 2.00 bits per heavy atom. The zero-order chi connectivity index (χ0) is 21.9. The predicted molar refractivity (Wildman–Crippen MR) is 102 cm³/mol. The molecule has 0 radical (unpaired) electrons. The van der Waals surface area contributed by atoms with E-state index in [0.29, 0.717) is 5.56 Å². The minimum absolute atomic E-state index is 0.625. The highest BCUT2D eigenvalue weighted by molar-refractivity contribution is 5.92. The zero-order valence-corrected chi connectivity index (χ0v) is 15.5. The first-order chi connectivity index (χ1) is 14.2. The van der Waals surface area contributed by atoms with Crippen molar-refractivity contribution in [3.8, 4) is 22.9 Å². The normalized spacial score (nSPS) is 10.9. The monoisotopic (exact) mass is 413 g/mol. The summed E-state index contributed by atoms with van der Waals surface area (Å²) < 4.78 is 33.5. The molecule has 7 nitrogen and oxygen atoms in total. The highest BCUT2D eigenvalue weighted by atomic mass is 19.4. The zero-order valence-electron chi connectivity index (χ0n) is 15.5. The maximum Gasteiger partial charge on any atom is 0.490 e. The number of benzene rings is 1. The Morgan fingerprint density at radius 1 is 1.27 bits per heavy atom. The fourth-order valence-corrected chi connectivity index (χ4v) is 2.73. The standard InChI is InChI=1S/C18H13N5.C2HF3O2/c1-12-2-3-13(9-19)8-17(12)23-11-14(10-22-23)15-4-6-20-18-16(15)5-7-21-18;3-2(4,5)1(6)7/h2-8,10-11H,1H3,(H,20,21);(H,6,7). The SMILES string of the molecule is Cc1ccc(C#N)cc1-n1cc(-c2ccnc3[nH]ccc23)cn1.O=C(O)C(F)(F)F. The number of nitrogens with zero attached hydrogens (tertiary/aromatic N) is 4. The lowest BCUT2D eigenvalue weighted by atomic mass is 10.1. The number of H-pyrrole nitrogens is 1. The largest absolute Gasteiger partial charge is 0.490 e. The van der Waals surface area contributed by atoms with Gasteiger partial charge in [-0.3, -0.25) is 0 Å². The van der Waals surface area contributed by atoms with Crippen LogP contribution in [0.2, 0.25) is 0 Å². The average Bonchev–Trinajstić information content (AvgIpc) is 3.37. The maximum atomic E-state index is 10.6. The number of aromatic amines is 1. The van der Waals surface area contributed by atoms with E-state index in [9.17, 15) is 13.2 Å². The molecule has 4 aromatic rings. The molecular weight excluding hydrogens is 399 g/mol. The lowest BCUT2D eigenvalue weighted by molar-refractivity contribution is -0.192. The molecule has 0 fully saturated rings. The fourth-order valence-electron chi connectivity index (χ4n) is 2.73. The number of nitriles is 1. The fraction of sp³-hybridized carbons (Fsp3) is 0.100. The topological polar surface area (TPSA) is 108 Å². The number of halogens is 3. The molecule has 0 aliphatic carbocycles. The first kappa shape index (κ1) is 20.6. The molecule has 0 unspecified atom stereocenters. The summed E-state index contributed by atoms with van der Waals surface area (Å²) in [5.41, 5.74) is 5.56. The second-order valence-corrected chi connectivity index (χ2v) is 6.19. The van der Waals surface area contributed by atoms with Crippen LogP contribution in [0.15, 0.2) is 55.1 Å². The van der Waals surface area contributed by atoms with Gasteiger partial charge in [0.05, 0.1) is 23.5 Å². The summed E-state index contributed by atoms with van der Waals surface area (Å²) in [4.78, 5) is 16.3. The Morgan fingerprint density at radius 3 is 2.67 bits per heavy atom. The van der Waals surface area contributed by atoms with Crippen molar-refractivity contribution in [2.45, 2.75) is 13.1 Å². The van der Waals surface area contributed by atoms with Crippen molar-refractivity contribution in [1.82, 2.24) is 19.7 Å². The minimum atomic E-state index is -5.08. The van der Waals surface area contributed by atoms with Gasteiger partial charge in [0.1, 0.15) is 5.65 Å². The van der Waals surface area contributed by atoms with Gasteiger partial charge in [-0.25, -0.2) is 14.5 Å². The van der Waals surface area contributed by atoms with Gasteiger partial charge >= 0.3 is 12.1 Å². The van der Waals surface area contributed by atoms with Crippen molar-refractivity contribution < 1.29 is 23.1 Å². The summed E-state index contributed by atoms with van der Waals surface area (Å²) in [6, 6.07) is 11.8. The molecule has 0 aliphatic rings. The van der Waals surface area contributed by atoms with Gasteiger partial charge in [0, 0.05) is 29.5 Å². The van der Waals surface area contributed by atoms with Crippen LogP contribution in [-0.2, 0) is 4.79 Å². The molecule has 152 valence electrons.